The zero-order valence-corrected chi connectivity index (χ0v) is 12.7. The zero-order chi connectivity index (χ0) is 13.7. The van der Waals surface area contributed by atoms with Crippen LogP contribution in [0.25, 0.3) is 0 Å². The summed E-state index contributed by atoms with van der Waals surface area (Å²) in [5.74, 6) is 0.586. The van der Waals surface area contributed by atoms with Crippen LogP contribution in [0, 0.1) is 0 Å². The summed E-state index contributed by atoms with van der Waals surface area (Å²) in [5, 5.41) is 3.51. The van der Waals surface area contributed by atoms with Gasteiger partial charge in [0.25, 0.3) is 0 Å². The fourth-order valence-corrected chi connectivity index (χ4v) is 2.68. The maximum Gasteiger partial charge on any atom is 0.0233 e. The van der Waals surface area contributed by atoms with Gasteiger partial charge in [0.2, 0.25) is 0 Å². The molecular weight excluding hydrogens is 232 g/mol. The molecule has 19 heavy (non-hydrogen) atoms. The molecule has 2 rings (SSSR count). The fraction of sp³-hybridized carbons (Fsp3) is 0.647. The van der Waals surface area contributed by atoms with Gasteiger partial charge in [0.1, 0.15) is 0 Å². The lowest BCUT2D eigenvalue weighted by Crippen LogP contribution is -2.27. The van der Waals surface area contributed by atoms with Crippen molar-refractivity contribution in [1.82, 2.24) is 10.2 Å². The van der Waals surface area contributed by atoms with Gasteiger partial charge in [-0.05, 0) is 43.0 Å². The Labute approximate surface area is 118 Å². The highest BCUT2D eigenvalue weighted by Crippen LogP contribution is 2.17. The van der Waals surface area contributed by atoms with Gasteiger partial charge in [0.15, 0.2) is 0 Å². The molecule has 0 bridgehead atoms. The molecule has 0 radical (unpaired) electrons. The molecule has 0 aromatic heterocycles. The average molecular weight is 260 g/mol. The number of benzene rings is 1. The van der Waals surface area contributed by atoms with Gasteiger partial charge in [0.05, 0.1) is 0 Å². The van der Waals surface area contributed by atoms with Crippen LogP contribution in [0.1, 0.15) is 50.7 Å². The van der Waals surface area contributed by atoms with E-state index in [-0.39, 0.29) is 0 Å². The molecule has 2 nitrogen and oxygen atoms in total. The van der Waals surface area contributed by atoms with Crippen molar-refractivity contribution in [2.45, 2.75) is 52.1 Å². The number of hydrogen-bond acceptors (Lipinski definition) is 2. The van der Waals surface area contributed by atoms with E-state index in [1.54, 1.807) is 0 Å². The van der Waals surface area contributed by atoms with Crippen molar-refractivity contribution in [2.75, 3.05) is 19.6 Å². The van der Waals surface area contributed by atoms with Gasteiger partial charge >= 0.3 is 0 Å². The van der Waals surface area contributed by atoms with Crippen molar-refractivity contribution in [3.05, 3.63) is 35.4 Å². The van der Waals surface area contributed by atoms with Crippen LogP contribution in [0.2, 0.25) is 0 Å². The first-order valence-electron chi connectivity index (χ1n) is 7.69. The molecule has 0 amide bonds. The molecular formula is C17H28N2. The molecule has 1 aliphatic heterocycles. The lowest BCUT2D eigenvalue weighted by atomic mass is 9.99. The van der Waals surface area contributed by atoms with Crippen molar-refractivity contribution < 1.29 is 0 Å². The predicted molar refractivity (Wildman–Crippen MR) is 82.5 cm³/mol. The first-order valence-corrected chi connectivity index (χ1v) is 7.69. The number of nitrogens with one attached hydrogen (secondary N) is 1. The van der Waals surface area contributed by atoms with E-state index >= 15 is 0 Å². The van der Waals surface area contributed by atoms with Crippen LogP contribution >= 0.6 is 0 Å². The van der Waals surface area contributed by atoms with Crippen LogP contribution < -0.4 is 5.32 Å². The maximum atomic E-state index is 3.51. The number of hydrogen-bond donors (Lipinski definition) is 1. The highest BCUT2D eigenvalue weighted by Gasteiger charge is 2.12. The Balaban J connectivity index is 1.86. The highest BCUT2D eigenvalue weighted by atomic mass is 15.1. The lowest BCUT2D eigenvalue weighted by molar-refractivity contribution is 0.331. The van der Waals surface area contributed by atoms with Crippen molar-refractivity contribution in [3.8, 4) is 0 Å². The van der Waals surface area contributed by atoms with Crippen molar-refractivity contribution in [1.29, 1.82) is 0 Å². The Kier molecular flexibility index (Phi) is 5.41. The molecule has 1 aromatic carbocycles. The number of nitrogens with zero attached hydrogens (tertiary/aromatic N) is 1. The molecule has 1 aliphatic rings. The van der Waals surface area contributed by atoms with Crippen LogP contribution in [-0.2, 0) is 6.54 Å². The quantitative estimate of drug-likeness (QED) is 0.843. The fourth-order valence-electron chi connectivity index (χ4n) is 2.68. The van der Waals surface area contributed by atoms with Crippen molar-refractivity contribution >= 4 is 0 Å². The van der Waals surface area contributed by atoms with Crippen LogP contribution in [-0.4, -0.2) is 30.6 Å². The molecule has 0 aliphatic carbocycles. The van der Waals surface area contributed by atoms with E-state index in [2.05, 4.69) is 55.3 Å². The highest BCUT2D eigenvalue weighted by molar-refractivity contribution is 5.25. The number of likely N-dealkylation sites (tertiary alicyclic amines) is 1. The minimum absolute atomic E-state index is 0.567. The van der Waals surface area contributed by atoms with Crippen LogP contribution in [0.4, 0.5) is 0 Å². The smallest absolute Gasteiger partial charge is 0.0233 e. The third kappa shape index (κ3) is 4.63. The summed E-state index contributed by atoms with van der Waals surface area (Å²) in [6.45, 7) is 11.4. The second-order valence-corrected chi connectivity index (χ2v) is 6.19. The standard InChI is InChI=1S/C17H28N2/c1-14(2)18-12-15(3)17-8-6-16(7-9-17)13-19-10-4-5-11-19/h6-9,14-15,18H,4-5,10-13H2,1-3H3. The molecule has 1 fully saturated rings. The van der Waals surface area contributed by atoms with Gasteiger partial charge in [-0.2, -0.15) is 0 Å². The Bertz CT molecular complexity index is 363. The third-order valence-electron chi connectivity index (χ3n) is 3.99. The van der Waals surface area contributed by atoms with Crippen LogP contribution in [0.5, 0.6) is 0 Å². The van der Waals surface area contributed by atoms with Gasteiger partial charge < -0.3 is 5.32 Å². The van der Waals surface area contributed by atoms with E-state index in [0.29, 0.717) is 12.0 Å². The topological polar surface area (TPSA) is 15.3 Å². The summed E-state index contributed by atoms with van der Waals surface area (Å²) in [6.07, 6.45) is 2.74. The van der Waals surface area contributed by atoms with Crippen molar-refractivity contribution in [2.24, 2.45) is 0 Å². The second kappa shape index (κ2) is 7.06. The minimum Gasteiger partial charge on any atom is -0.314 e. The van der Waals surface area contributed by atoms with Crippen LogP contribution in [0.3, 0.4) is 0 Å². The largest absolute Gasteiger partial charge is 0.314 e. The Morgan fingerprint density at radius 3 is 2.26 bits per heavy atom. The molecule has 1 unspecified atom stereocenters. The van der Waals surface area contributed by atoms with Gasteiger partial charge in [0, 0.05) is 19.1 Å². The van der Waals surface area contributed by atoms with E-state index in [0.717, 1.165) is 13.1 Å². The van der Waals surface area contributed by atoms with Crippen molar-refractivity contribution in [3.63, 3.8) is 0 Å². The van der Waals surface area contributed by atoms with Crippen LogP contribution in [0.15, 0.2) is 24.3 Å². The van der Waals surface area contributed by atoms with Gasteiger partial charge in [-0.1, -0.05) is 45.0 Å². The Hall–Kier alpha value is -0.860. The lowest BCUT2D eigenvalue weighted by Gasteiger charge is -2.17. The third-order valence-corrected chi connectivity index (χ3v) is 3.99. The molecule has 1 heterocycles. The number of rotatable bonds is 6. The summed E-state index contributed by atoms with van der Waals surface area (Å²) in [7, 11) is 0. The Morgan fingerprint density at radius 2 is 1.68 bits per heavy atom. The molecule has 2 heteroatoms. The zero-order valence-electron chi connectivity index (χ0n) is 12.7. The van der Waals surface area contributed by atoms with E-state index in [1.165, 1.54) is 37.1 Å². The molecule has 1 saturated heterocycles. The van der Waals surface area contributed by atoms with E-state index in [9.17, 15) is 0 Å². The summed E-state index contributed by atoms with van der Waals surface area (Å²) in [5.41, 5.74) is 2.90. The molecule has 1 aromatic rings. The Morgan fingerprint density at radius 1 is 1.05 bits per heavy atom. The molecule has 1 N–H and O–H groups in total. The summed E-state index contributed by atoms with van der Waals surface area (Å²) < 4.78 is 0. The first kappa shape index (κ1) is 14.5. The maximum absolute atomic E-state index is 3.51. The summed E-state index contributed by atoms with van der Waals surface area (Å²) in [6, 6.07) is 9.78. The molecule has 0 spiro atoms. The van der Waals surface area contributed by atoms with E-state index in [1.807, 2.05) is 0 Å². The normalized spacial score (nSPS) is 18.1. The minimum atomic E-state index is 0.567. The second-order valence-electron chi connectivity index (χ2n) is 6.19. The average Bonchev–Trinajstić information content (AvgIpc) is 2.89. The predicted octanol–water partition coefficient (Wildman–Crippen LogP) is 3.38. The summed E-state index contributed by atoms with van der Waals surface area (Å²) >= 11 is 0. The van der Waals surface area contributed by atoms with E-state index in [4.69, 9.17) is 0 Å². The molecule has 106 valence electrons. The van der Waals surface area contributed by atoms with Gasteiger partial charge in [-0.25, -0.2) is 0 Å². The summed E-state index contributed by atoms with van der Waals surface area (Å²) in [4.78, 5) is 2.55. The van der Waals surface area contributed by atoms with E-state index < -0.39 is 0 Å². The molecule has 1 atom stereocenters. The first-order chi connectivity index (χ1) is 9.15. The monoisotopic (exact) mass is 260 g/mol. The molecule has 0 saturated carbocycles. The SMILES string of the molecule is CC(C)NCC(C)c1ccc(CN2CCCC2)cc1. The van der Waals surface area contributed by atoms with Gasteiger partial charge in [-0.3, -0.25) is 4.90 Å². The van der Waals surface area contributed by atoms with Gasteiger partial charge in [-0.15, -0.1) is 0 Å².